The van der Waals surface area contributed by atoms with Crippen molar-refractivity contribution in [1.29, 1.82) is 0 Å². The molecule has 20 nitrogen and oxygen atoms in total. The van der Waals surface area contributed by atoms with Gasteiger partial charge in [0.05, 0.1) is 26.1 Å². The molecule has 270 valence electrons. The molecule has 51 heavy (non-hydrogen) atoms. The third-order valence-electron chi connectivity index (χ3n) is 6.76. The summed E-state index contributed by atoms with van der Waals surface area (Å²) in [6.07, 6.45) is 0. The summed E-state index contributed by atoms with van der Waals surface area (Å²) >= 11 is 0. The van der Waals surface area contributed by atoms with Gasteiger partial charge in [0.25, 0.3) is 52.1 Å². The number of nitro groups is 1. The standard InChI is InChI=1S/C17H12N2O10S2.C10H9NO7S2/c20-15-7-12(30(24,25)26)5-10-6-16(31(27,28)29)14(8-13(10)15)18-17(21)9-2-1-3-11(4-9)19(22)23;11-8-4-7-5(2-10(8)20(16,17)18)1-6(3-9(7)12)19(13,14)15/h1-8,20H,(H,18,21)(H,24,25,26)(H,27,28,29);1-4,12H,11H2,(H,13,14,15)(H,16,17,18). The van der Waals surface area contributed by atoms with Crippen molar-refractivity contribution in [2.75, 3.05) is 11.1 Å². The summed E-state index contributed by atoms with van der Waals surface area (Å²) < 4.78 is 127. The highest BCUT2D eigenvalue weighted by Crippen LogP contribution is 2.36. The van der Waals surface area contributed by atoms with Crippen LogP contribution < -0.4 is 11.1 Å². The lowest BCUT2D eigenvalue weighted by molar-refractivity contribution is -0.384. The van der Waals surface area contributed by atoms with Crippen molar-refractivity contribution in [1.82, 2.24) is 0 Å². The van der Waals surface area contributed by atoms with E-state index in [4.69, 9.17) is 19.4 Å². The van der Waals surface area contributed by atoms with Crippen LogP contribution >= 0.6 is 0 Å². The predicted octanol–water partition coefficient (Wildman–Crippen LogP) is 2.82. The van der Waals surface area contributed by atoms with Crippen LogP contribution in [0.3, 0.4) is 0 Å². The topological polar surface area (TPSA) is 356 Å². The zero-order valence-corrected chi connectivity index (χ0v) is 28.0. The first-order chi connectivity index (χ1) is 23.3. The fourth-order valence-electron chi connectivity index (χ4n) is 4.49. The summed E-state index contributed by atoms with van der Waals surface area (Å²) in [6, 6.07) is 11.5. The molecule has 0 unspecified atom stereocenters. The third kappa shape index (κ3) is 8.64. The predicted molar refractivity (Wildman–Crippen MR) is 176 cm³/mol. The number of carbonyl (C=O) groups is 1. The van der Waals surface area contributed by atoms with Crippen LogP contribution in [-0.4, -0.2) is 72.9 Å². The Morgan fingerprint density at radius 1 is 0.647 bits per heavy atom. The van der Waals surface area contributed by atoms with Gasteiger partial charge in [0.1, 0.15) is 21.3 Å². The van der Waals surface area contributed by atoms with Gasteiger partial charge in [-0.2, -0.15) is 33.7 Å². The Morgan fingerprint density at radius 3 is 1.57 bits per heavy atom. The molecule has 5 rings (SSSR count). The molecule has 0 saturated heterocycles. The van der Waals surface area contributed by atoms with Gasteiger partial charge in [-0.1, -0.05) is 6.07 Å². The van der Waals surface area contributed by atoms with Gasteiger partial charge in [0, 0.05) is 40.6 Å². The molecule has 5 aromatic carbocycles. The molecule has 0 aliphatic rings. The Hall–Kier alpha value is -5.47. The fraction of sp³-hybridized carbons (Fsp3) is 0. The zero-order valence-electron chi connectivity index (χ0n) is 24.8. The van der Waals surface area contributed by atoms with Crippen LogP contribution in [-0.2, 0) is 40.5 Å². The fourth-order valence-corrected chi connectivity index (χ4v) is 6.86. The van der Waals surface area contributed by atoms with Gasteiger partial charge >= 0.3 is 0 Å². The molecule has 24 heteroatoms. The number of nitrogen functional groups attached to an aromatic ring is 1. The number of anilines is 2. The van der Waals surface area contributed by atoms with Crippen LogP contribution in [0.5, 0.6) is 11.5 Å². The minimum absolute atomic E-state index is 0.0283. The molecule has 0 saturated carbocycles. The number of benzene rings is 5. The lowest BCUT2D eigenvalue weighted by Crippen LogP contribution is -2.15. The van der Waals surface area contributed by atoms with Gasteiger partial charge < -0.3 is 21.3 Å². The van der Waals surface area contributed by atoms with E-state index in [1.54, 1.807) is 0 Å². The number of hydrogen-bond donors (Lipinski definition) is 8. The average molecular weight is 788 g/mol. The Morgan fingerprint density at radius 2 is 1.12 bits per heavy atom. The van der Waals surface area contributed by atoms with E-state index in [0.29, 0.717) is 6.07 Å². The van der Waals surface area contributed by atoms with Gasteiger partial charge in [0.15, 0.2) is 0 Å². The summed E-state index contributed by atoms with van der Waals surface area (Å²) in [7, 11) is -18.9. The molecule has 0 heterocycles. The summed E-state index contributed by atoms with van der Waals surface area (Å²) in [5.74, 6) is -2.14. The summed E-state index contributed by atoms with van der Waals surface area (Å²) in [5, 5.41) is 32.6. The van der Waals surface area contributed by atoms with Gasteiger partial charge in [-0.3, -0.25) is 33.1 Å². The first-order valence-electron chi connectivity index (χ1n) is 13.1. The zero-order chi connectivity index (χ0) is 38.4. The lowest BCUT2D eigenvalue weighted by atomic mass is 10.1. The molecule has 9 N–H and O–H groups in total. The monoisotopic (exact) mass is 787 g/mol. The molecule has 0 aliphatic heterocycles. The Labute approximate surface area is 286 Å². The van der Waals surface area contributed by atoms with Gasteiger partial charge in [0.2, 0.25) is 0 Å². The summed E-state index contributed by atoms with van der Waals surface area (Å²) in [5.41, 5.74) is 4.07. The smallest absolute Gasteiger partial charge is 0.296 e. The maximum absolute atomic E-state index is 12.5. The van der Waals surface area contributed by atoms with E-state index in [2.05, 4.69) is 5.32 Å². The minimum Gasteiger partial charge on any atom is -0.507 e. The van der Waals surface area contributed by atoms with Crippen molar-refractivity contribution >= 4 is 85.0 Å². The number of nitro benzene ring substituents is 1. The van der Waals surface area contributed by atoms with Crippen LogP contribution in [0.15, 0.2) is 92.4 Å². The Bertz CT molecular complexity index is 2750. The number of nitrogens with zero attached hydrogens (tertiary/aromatic N) is 1. The lowest BCUT2D eigenvalue weighted by Gasteiger charge is -2.13. The highest BCUT2D eigenvalue weighted by atomic mass is 32.2. The summed E-state index contributed by atoms with van der Waals surface area (Å²) in [4.78, 5) is 19.8. The molecular formula is C27H21N3O17S4. The van der Waals surface area contributed by atoms with Gasteiger partial charge in [-0.15, -0.1) is 0 Å². The minimum atomic E-state index is -4.95. The number of phenols is 2. The number of hydrogen-bond acceptors (Lipinski definition) is 14. The SMILES string of the molecule is Nc1cc2c(O)cc(S(=O)(=O)O)cc2cc1S(=O)(=O)O.O=C(Nc1cc2c(O)cc(S(=O)(=O)O)cc2cc1S(=O)(=O)O)c1cccc([N+](=O)[O-])c1. The van der Waals surface area contributed by atoms with Crippen LogP contribution in [0.25, 0.3) is 21.5 Å². The number of fused-ring (bicyclic) bond motifs is 2. The van der Waals surface area contributed by atoms with Gasteiger partial charge in [-0.05, 0) is 53.2 Å². The first kappa shape index (κ1) is 38.3. The number of nitrogens with two attached hydrogens (primary N) is 1. The number of rotatable bonds is 7. The number of phenolic OH excluding ortho intramolecular Hbond substituents is 2. The second-order valence-corrected chi connectivity index (χ2v) is 15.9. The first-order valence-corrected chi connectivity index (χ1v) is 18.9. The molecule has 0 bridgehead atoms. The number of nitrogens with one attached hydrogen (secondary N) is 1. The molecule has 0 spiro atoms. The van der Waals surface area contributed by atoms with E-state index in [1.165, 1.54) is 12.1 Å². The van der Waals surface area contributed by atoms with Crippen molar-refractivity contribution < 1.29 is 71.8 Å². The third-order valence-corrected chi connectivity index (χ3v) is 10.2. The van der Waals surface area contributed by atoms with Crippen molar-refractivity contribution in [2.24, 2.45) is 0 Å². The van der Waals surface area contributed by atoms with Crippen molar-refractivity contribution in [3.05, 3.63) is 88.5 Å². The van der Waals surface area contributed by atoms with Crippen LogP contribution in [0.1, 0.15) is 10.4 Å². The largest absolute Gasteiger partial charge is 0.507 e. The van der Waals surface area contributed by atoms with Crippen molar-refractivity contribution in [3.63, 3.8) is 0 Å². The molecule has 0 aliphatic carbocycles. The molecule has 0 aromatic heterocycles. The highest BCUT2D eigenvalue weighted by molar-refractivity contribution is 7.86. The summed E-state index contributed by atoms with van der Waals surface area (Å²) in [6.45, 7) is 0. The highest BCUT2D eigenvalue weighted by Gasteiger charge is 2.23. The molecule has 5 aromatic rings. The van der Waals surface area contributed by atoms with Crippen molar-refractivity contribution in [3.8, 4) is 11.5 Å². The van der Waals surface area contributed by atoms with E-state index in [9.17, 15) is 63.3 Å². The number of non-ortho nitro benzene ring substituents is 1. The molecule has 1 amide bonds. The average Bonchev–Trinajstić information content (AvgIpc) is 2.99. The van der Waals surface area contributed by atoms with Crippen molar-refractivity contribution in [2.45, 2.75) is 19.6 Å². The number of amides is 1. The van der Waals surface area contributed by atoms with Crippen LogP contribution in [0, 0.1) is 10.1 Å². The van der Waals surface area contributed by atoms with Crippen LogP contribution in [0.2, 0.25) is 0 Å². The van der Waals surface area contributed by atoms with E-state index in [-0.39, 0.29) is 32.8 Å². The number of aromatic hydroxyl groups is 2. The van der Waals surface area contributed by atoms with Crippen LogP contribution in [0.4, 0.5) is 17.1 Å². The molecule has 0 radical (unpaired) electrons. The normalized spacial score (nSPS) is 12.2. The molecule has 0 atom stereocenters. The van der Waals surface area contributed by atoms with E-state index in [0.717, 1.165) is 54.6 Å². The van der Waals surface area contributed by atoms with E-state index >= 15 is 0 Å². The van der Waals surface area contributed by atoms with Gasteiger partial charge in [-0.25, -0.2) is 0 Å². The quantitative estimate of drug-likeness (QED) is 0.0508. The van der Waals surface area contributed by atoms with E-state index < -0.39 is 93.8 Å². The Balaban J connectivity index is 0.000000251. The second kappa shape index (κ2) is 13.3. The molecular weight excluding hydrogens is 767 g/mol. The maximum atomic E-state index is 12.5. The maximum Gasteiger partial charge on any atom is 0.296 e. The Kier molecular flexibility index (Phi) is 10.0. The van der Waals surface area contributed by atoms with E-state index in [1.807, 2.05) is 0 Å². The number of carbonyl (C=O) groups excluding carboxylic acids is 1. The second-order valence-electron chi connectivity index (χ2n) is 10.2. The molecule has 0 fully saturated rings.